The molecule has 132 valence electrons. The second-order valence-corrected chi connectivity index (χ2v) is 7.18. The van der Waals surface area contributed by atoms with Gasteiger partial charge in [-0.3, -0.25) is 0 Å². The first-order valence-electron chi connectivity index (χ1n) is 8.23. The molecule has 0 unspecified atom stereocenters. The number of fused-ring (bicyclic) bond motifs is 1. The number of nitrogens with zero attached hydrogens (tertiary/aromatic N) is 3. The molecule has 1 aromatic heterocycles. The number of amides is 2. The molecule has 0 saturated heterocycles. The summed E-state index contributed by atoms with van der Waals surface area (Å²) in [6.07, 6.45) is 0.558. The summed E-state index contributed by atoms with van der Waals surface area (Å²) in [5, 5.41) is 16.7. The van der Waals surface area contributed by atoms with Gasteiger partial charge >= 0.3 is 12.0 Å². The Morgan fingerprint density at radius 1 is 1.20 bits per heavy atom. The zero-order valence-electron chi connectivity index (χ0n) is 14.6. The van der Waals surface area contributed by atoms with Crippen molar-refractivity contribution in [3.63, 3.8) is 0 Å². The number of urea groups is 1. The number of carbonyl (C=O) groups is 2. The predicted molar refractivity (Wildman–Crippen MR) is 92.9 cm³/mol. The van der Waals surface area contributed by atoms with E-state index in [2.05, 4.69) is 10.4 Å². The van der Waals surface area contributed by atoms with Gasteiger partial charge in [-0.2, -0.15) is 5.10 Å². The zero-order chi connectivity index (χ0) is 18.2. The third-order valence-electron chi connectivity index (χ3n) is 4.03. The van der Waals surface area contributed by atoms with Gasteiger partial charge in [-0.25, -0.2) is 14.3 Å². The van der Waals surface area contributed by atoms with Crippen LogP contribution in [0, 0.1) is 0 Å². The largest absolute Gasteiger partial charge is 0.476 e. The van der Waals surface area contributed by atoms with Gasteiger partial charge < -0.3 is 15.3 Å². The fourth-order valence-electron chi connectivity index (χ4n) is 2.95. The molecule has 25 heavy (non-hydrogen) atoms. The number of nitrogens with one attached hydrogen (secondary N) is 1. The van der Waals surface area contributed by atoms with Crippen LogP contribution in [0.15, 0.2) is 30.3 Å². The van der Waals surface area contributed by atoms with Crippen LogP contribution < -0.4 is 5.32 Å². The number of para-hydroxylation sites is 1. The molecule has 1 aliphatic rings. The summed E-state index contributed by atoms with van der Waals surface area (Å²) in [7, 11) is 0. The highest BCUT2D eigenvalue weighted by molar-refractivity contribution is 5.88. The van der Waals surface area contributed by atoms with Gasteiger partial charge in [-0.1, -0.05) is 18.2 Å². The Balaban J connectivity index is 1.95. The molecule has 2 N–H and O–H groups in total. The minimum absolute atomic E-state index is 0.00658. The summed E-state index contributed by atoms with van der Waals surface area (Å²) < 4.78 is 1.68. The highest BCUT2D eigenvalue weighted by Crippen LogP contribution is 2.25. The van der Waals surface area contributed by atoms with Gasteiger partial charge in [0.15, 0.2) is 5.69 Å². The van der Waals surface area contributed by atoms with Crippen LogP contribution in [0.2, 0.25) is 0 Å². The van der Waals surface area contributed by atoms with E-state index in [0.29, 0.717) is 18.5 Å². The number of carboxylic acids is 1. The van der Waals surface area contributed by atoms with Crippen molar-refractivity contribution in [3.05, 3.63) is 47.3 Å². The van der Waals surface area contributed by atoms with Crippen molar-refractivity contribution in [3.8, 4) is 5.69 Å². The van der Waals surface area contributed by atoms with Gasteiger partial charge in [0.25, 0.3) is 0 Å². The average molecular weight is 342 g/mol. The number of carbonyl (C=O) groups excluding carboxylic acids is 1. The van der Waals surface area contributed by atoms with Crippen molar-refractivity contribution in [2.45, 2.75) is 39.3 Å². The van der Waals surface area contributed by atoms with E-state index in [0.717, 1.165) is 11.4 Å². The van der Waals surface area contributed by atoms with Crippen LogP contribution in [0.25, 0.3) is 5.69 Å². The summed E-state index contributed by atoms with van der Waals surface area (Å²) in [6.45, 7) is 6.50. The summed E-state index contributed by atoms with van der Waals surface area (Å²) in [5.74, 6) is -1.08. The first-order chi connectivity index (χ1) is 11.8. The fraction of sp³-hybridized carbons (Fsp3) is 0.389. The summed E-state index contributed by atoms with van der Waals surface area (Å²) in [5.41, 5.74) is 1.93. The highest BCUT2D eigenvalue weighted by atomic mass is 16.4. The van der Waals surface area contributed by atoms with E-state index in [4.69, 9.17) is 0 Å². The van der Waals surface area contributed by atoms with Gasteiger partial charge in [0.2, 0.25) is 0 Å². The molecule has 7 heteroatoms. The lowest BCUT2D eigenvalue weighted by atomic mass is 10.0. The molecule has 0 aliphatic carbocycles. The number of hydrogen-bond acceptors (Lipinski definition) is 3. The van der Waals surface area contributed by atoms with Gasteiger partial charge in [0, 0.05) is 24.1 Å². The maximum Gasteiger partial charge on any atom is 0.356 e. The molecule has 0 spiro atoms. The molecule has 1 aromatic carbocycles. The second-order valence-electron chi connectivity index (χ2n) is 7.18. The molecular formula is C18H22N4O3. The molecule has 2 amide bonds. The molecule has 3 rings (SSSR count). The zero-order valence-corrected chi connectivity index (χ0v) is 14.6. The minimum atomic E-state index is -1.08. The Morgan fingerprint density at radius 3 is 2.48 bits per heavy atom. The van der Waals surface area contributed by atoms with E-state index >= 15 is 0 Å². The van der Waals surface area contributed by atoms with Crippen molar-refractivity contribution in [2.75, 3.05) is 6.54 Å². The van der Waals surface area contributed by atoms with E-state index in [1.807, 2.05) is 51.1 Å². The quantitative estimate of drug-likeness (QED) is 0.877. The van der Waals surface area contributed by atoms with Crippen molar-refractivity contribution in [1.82, 2.24) is 20.0 Å². The highest BCUT2D eigenvalue weighted by Gasteiger charge is 2.31. The second kappa shape index (κ2) is 6.23. The molecule has 0 radical (unpaired) electrons. The Hall–Kier alpha value is -2.83. The Morgan fingerprint density at radius 2 is 1.88 bits per heavy atom. The fourth-order valence-corrected chi connectivity index (χ4v) is 2.95. The summed E-state index contributed by atoms with van der Waals surface area (Å²) in [6, 6.07) is 9.25. The Labute approximate surface area is 146 Å². The van der Waals surface area contributed by atoms with E-state index in [1.54, 1.807) is 9.58 Å². The standard InChI is InChI=1S/C18H22N4O3/c1-18(2,3)19-17(25)21-10-9-14-13(11-21)15(16(23)24)20-22(14)12-7-5-4-6-8-12/h4-8H,9-11H2,1-3H3,(H,19,25)(H,23,24). The van der Waals surface area contributed by atoms with Crippen LogP contribution in [0.3, 0.4) is 0 Å². The number of benzene rings is 1. The van der Waals surface area contributed by atoms with Crippen molar-refractivity contribution < 1.29 is 14.7 Å². The number of rotatable bonds is 2. The summed E-state index contributed by atoms with van der Waals surface area (Å²) in [4.78, 5) is 25.7. The van der Waals surface area contributed by atoms with Crippen molar-refractivity contribution in [1.29, 1.82) is 0 Å². The average Bonchev–Trinajstić information content (AvgIpc) is 2.93. The lowest BCUT2D eigenvalue weighted by molar-refractivity contribution is 0.0687. The molecular weight excluding hydrogens is 320 g/mol. The predicted octanol–water partition coefficient (Wildman–Crippen LogP) is 2.44. The molecule has 1 aliphatic heterocycles. The summed E-state index contributed by atoms with van der Waals surface area (Å²) >= 11 is 0. The van der Waals surface area contributed by atoms with Crippen molar-refractivity contribution in [2.24, 2.45) is 0 Å². The lowest BCUT2D eigenvalue weighted by Gasteiger charge is -2.31. The first kappa shape index (κ1) is 17.0. The Bertz CT molecular complexity index is 806. The molecule has 0 atom stereocenters. The molecule has 7 nitrogen and oxygen atoms in total. The van der Waals surface area contributed by atoms with Crippen LogP contribution >= 0.6 is 0 Å². The van der Waals surface area contributed by atoms with Gasteiger partial charge in [-0.05, 0) is 32.9 Å². The number of carboxylic acid groups (broad SMARTS) is 1. The molecule has 2 aromatic rings. The van der Waals surface area contributed by atoms with E-state index in [-0.39, 0.29) is 23.8 Å². The topological polar surface area (TPSA) is 87.5 Å². The normalized spacial score (nSPS) is 14.1. The van der Waals surface area contributed by atoms with Crippen molar-refractivity contribution >= 4 is 12.0 Å². The van der Waals surface area contributed by atoms with Crippen LogP contribution in [0.5, 0.6) is 0 Å². The van der Waals surface area contributed by atoms with E-state index in [1.165, 1.54) is 0 Å². The molecule has 0 saturated carbocycles. The minimum Gasteiger partial charge on any atom is -0.476 e. The van der Waals surface area contributed by atoms with E-state index in [9.17, 15) is 14.7 Å². The first-order valence-corrected chi connectivity index (χ1v) is 8.23. The monoisotopic (exact) mass is 342 g/mol. The SMILES string of the molecule is CC(C)(C)NC(=O)N1CCc2c(c(C(=O)O)nn2-c2ccccc2)C1. The third-order valence-corrected chi connectivity index (χ3v) is 4.03. The third kappa shape index (κ3) is 3.50. The number of aromatic carboxylic acids is 1. The molecule has 0 fully saturated rings. The van der Waals surface area contributed by atoms with Crippen LogP contribution in [0.4, 0.5) is 4.79 Å². The Kier molecular flexibility index (Phi) is 4.24. The van der Waals surface area contributed by atoms with Gasteiger partial charge in [-0.15, -0.1) is 0 Å². The van der Waals surface area contributed by atoms with Crippen LogP contribution in [-0.2, 0) is 13.0 Å². The van der Waals surface area contributed by atoms with Crippen LogP contribution in [-0.4, -0.2) is 43.9 Å². The van der Waals surface area contributed by atoms with E-state index < -0.39 is 5.97 Å². The number of hydrogen-bond donors (Lipinski definition) is 2. The van der Waals surface area contributed by atoms with Gasteiger partial charge in [0.1, 0.15) is 0 Å². The lowest BCUT2D eigenvalue weighted by Crippen LogP contribution is -2.49. The maximum absolute atomic E-state index is 12.4. The van der Waals surface area contributed by atoms with Gasteiger partial charge in [0.05, 0.1) is 17.9 Å². The molecule has 2 heterocycles. The smallest absolute Gasteiger partial charge is 0.356 e. The number of aromatic nitrogens is 2. The maximum atomic E-state index is 12.4. The molecule has 0 bridgehead atoms. The van der Waals surface area contributed by atoms with Crippen LogP contribution in [0.1, 0.15) is 42.5 Å².